The molecule has 2 heterocycles. The number of aromatic nitrogens is 2. The Balaban J connectivity index is 0.00000243. The lowest BCUT2D eigenvalue weighted by Gasteiger charge is -2.11. The molecule has 3 rings (SSSR count). The van der Waals surface area contributed by atoms with Crippen molar-refractivity contribution < 1.29 is 4.74 Å². The third-order valence-corrected chi connectivity index (χ3v) is 4.43. The van der Waals surface area contributed by atoms with E-state index in [1.807, 2.05) is 18.5 Å². The number of hydrogen-bond donors (Lipinski definition) is 2. The van der Waals surface area contributed by atoms with Crippen LogP contribution in [0.2, 0.25) is 0 Å². The number of aliphatic imine (C=N–C) groups is 1. The van der Waals surface area contributed by atoms with E-state index in [0.717, 1.165) is 51.2 Å². The lowest BCUT2D eigenvalue weighted by atomic mass is 10.1. The molecule has 1 aliphatic rings. The molecule has 1 atom stereocenters. The van der Waals surface area contributed by atoms with E-state index in [4.69, 9.17) is 10.5 Å². The van der Waals surface area contributed by atoms with E-state index in [-0.39, 0.29) is 30.1 Å². The van der Waals surface area contributed by atoms with Gasteiger partial charge in [0.25, 0.3) is 0 Å². The number of nitrogens with one attached hydrogen (secondary N) is 1. The van der Waals surface area contributed by atoms with Gasteiger partial charge in [-0.3, -0.25) is 0 Å². The van der Waals surface area contributed by atoms with Crippen LogP contribution < -0.4 is 11.1 Å². The second-order valence-corrected chi connectivity index (χ2v) is 6.34. The van der Waals surface area contributed by atoms with Gasteiger partial charge < -0.3 is 20.4 Å². The molecule has 1 aromatic heterocycles. The van der Waals surface area contributed by atoms with Crippen LogP contribution in [0.5, 0.6) is 0 Å². The molecule has 1 fully saturated rings. The van der Waals surface area contributed by atoms with Gasteiger partial charge in [-0.15, -0.1) is 24.0 Å². The SMILES string of the molecule is I.NC(=NCc1nccn1CCCc1ccccc1)NCC1CCCO1. The highest BCUT2D eigenvalue weighted by Gasteiger charge is 2.14. The fourth-order valence-electron chi connectivity index (χ4n) is 3.03. The van der Waals surface area contributed by atoms with Crippen molar-refractivity contribution in [3.8, 4) is 0 Å². The Hall–Kier alpha value is -1.61. The van der Waals surface area contributed by atoms with Gasteiger partial charge in [-0.2, -0.15) is 0 Å². The van der Waals surface area contributed by atoms with E-state index in [2.05, 4.69) is 44.1 Å². The summed E-state index contributed by atoms with van der Waals surface area (Å²) in [5, 5.41) is 3.14. The average Bonchev–Trinajstić information content (AvgIpc) is 3.31. The van der Waals surface area contributed by atoms with Crippen molar-refractivity contribution in [2.24, 2.45) is 10.7 Å². The summed E-state index contributed by atoms with van der Waals surface area (Å²) in [5.41, 5.74) is 7.31. The minimum Gasteiger partial charge on any atom is -0.376 e. The first-order chi connectivity index (χ1) is 12.3. The fourth-order valence-corrected chi connectivity index (χ4v) is 3.03. The third kappa shape index (κ3) is 6.60. The van der Waals surface area contributed by atoms with E-state index in [0.29, 0.717) is 12.5 Å². The Bertz CT molecular complexity index is 668. The van der Waals surface area contributed by atoms with Crippen LogP contribution in [0.4, 0.5) is 0 Å². The van der Waals surface area contributed by atoms with Crippen molar-refractivity contribution in [2.45, 2.75) is 44.9 Å². The Morgan fingerprint density at radius 1 is 1.35 bits per heavy atom. The van der Waals surface area contributed by atoms with Crippen LogP contribution in [-0.4, -0.2) is 34.8 Å². The third-order valence-electron chi connectivity index (χ3n) is 4.43. The number of benzene rings is 1. The van der Waals surface area contributed by atoms with Crippen LogP contribution in [0.3, 0.4) is 0 Å². The van der Waals surface area contributed by atoms with E-state index in [1.165, 1.54) is 5.56 Å². The van der Waals surface area contributed by atoms with E-state index < -0.39 is 0 Å². The van der Waals surface area contributed by atoms with E-state index in [1.54, 1.807) is 0 Å². The van der Waals surface area contributed by atoms with Crippen molar-refractivity contribution in [2.75, 3.05) is 13.2 Å². The van der Waals surface area contributed by atoms with E-state index in [9.17, 15) is 0 Å². The number of halogens is 1. The summed E-state index contributed by atoms with van der Waals surface area (Å²) >= 11 is 0. The minimum absolute atomic E-state index is 0. The summed E-state index contributed by atoms with van der Waals surface area (Å²) in [7, 11) is 0. The van der Waals surface area contributed by atoms with Gasteiger partial charge >= 0.3 is 0 Å². The molecular formula is C19H28IN5O. The zero-order valence-electron chi connectivity index (χ0n) is 15.0. The summed E-state index contributed by atoms with van der Waals surface area (Å²) in [4.78, 5) is 8.80. The monoisotopic (exact) mass is 469 g/mol. The van der Waals surface area contributed by atoms with Gasteiger partial charge in [0.2, 0.25) is 0 Å². The summed E-state index contributed by atoms with van der Waals surface area (Å²) in [6.45, 7) is 3.00. The van der Waals surface area contributed by atoms with Crippen molar-refractivity contribution in [3.63, 3.8) is 0 Å². The number of nitrogens with two attached hydrogens (primary N) is 1. The molecule has 0 bridgehead atoms. The van der Waals surface area contributed by atoms with Gasteiger partial charge in [-0.05, 0) is 31.2 Å². The topological polar surface area (TPSA) is 77.5 Å². The lowest BCUT2D eigenvalue weighted by molar-refractivity contribution is 0.114. The Morgan fingerprint density at radius 2 is 2.19 bits per heavy atom. The molecule has 1 saturated heterocycles. The highest BCUT2D eigenvalue weighted by molar-refractivity contribution is 14.0. The number of aryl methyl sites for hydroxylation is 2. The fraction of sp³-hybridized carbons (Fsp3) is 0.474. The number of imidazole rings is 1. The molecule has 7 heteroatoms. The van der Waals surface area contributed by atoms with Gasteiger partial charge in [0.1, 0.15) is 12.4 Å². The van der Waals surface area contributed by atoms with Gasteiger partial charge in [0.05, 0.1) is 6.10 Å². The summed E-state index contributed by atoms with van der Waals surface area (Å²) in [5.74, 6) is 1.39. The number of ether oxygens (including phenoxy) is 1. The van der Waals surface area contributed by atoms with Crippen molar-refractivity contribution in [1.29, 1.82) is 0 Å². The molecule has 1 aromatic carbocycles. The molecule has 0 amide bonds. The average molecular weight is 469 g/mol. The highest BCUT2D eigenvalue weighted by Crippen LogP contribution is 2.10. The highest BCUT2D eigenvalue weighted by atomic mass is 127. The predicted molar refractivity (Wildman–Crippen MR) is 115 cm³/mol. The Morgan fingerprint density at radius 3 is 2.96 bits per heavy atom. The molecule has 2 aromatic rings. The first-order valence-corrected chi connectivity index (χ1v) is 9.00. The molecule has 0 radical (unpaired) electrons. The second-order valence-electron chi connectivity index (χ2n) is 6.34. The van der Waals surface area contributed by atoms with Crippen LogP contribution in [-0.2, 0) is 24.2 Å². The number of hydrogen-bond acceptors (Lipinski definition) is 3. The predicted octanol–water partition coefficient (Wildman–Crippen LogP) is 2.72. The molecule has 26 heavy (non-hydrogen) atoms. The number of nitrogens with zero attached hydrogens (tertiary/aromatic N) is 3. The smallest absolute Gasteiger partial charge is 0.189 e. The molecule has 1 aliphatic heterocycles. The first-order valence-electron chi connectivity index (χ1n) is 9.00. The van der Waals surface area contributed by atoms with Gasteiger partial charge in [-0.1, -0.05) is 30.3 Å². The van der Waals surface area contributed by atoms with E-state index >= 15 is 0 Å². The molecule has 0 saturated carbocycles. The maximum atomic E-state index is 5.94. The number of rotatable bonds is 8. The Labute approximate surface area is 172 Å². The van der Waals surface area contributed by atoms with Gasteiger partial charge in [0, 0.05) is 32.1 Å². The van der Waals surface area contributed by atoms with Crippen LogP contribution in [0.15, 0.2) is 47.7 Å². The lowest BCUT2D eigenvalue weighted by Crippen LogP contribution is -2.37. The van der Waals surface area contributed by atoms with Crippen molar-refractivity contribution in [1.82, 2.24) is 14.9 Å². The van der Waals surface area contributed by atoms with Crippen molar-refractivity contribution >= 4 is 29.9 Å². The molecule has 0 spiro atoms. The second kappa shape index (κ2) is 11.2. The molecule has 6 nitrogen and oxygen atoms in total. The standard InChI is InChI=1S/C19H27N5O.HI/c20-19(22-14-17-9-5-13-25-17)23-15-18-21-10-12-24(18)11-4-8-16-6-2-1-3-7-16;/h1-3,6-7,10,12,17H,4-5,8-9,11,13-15H2,(H3,20,22,23);1H. The van der Waals surface area contributed by atoms with Crippen LogP contribution in [0.25, 0.3) is 0 Å². The first kappa shape index (κ1) is 20.7. The molecule has 3 N–H and O–H groups in total. The summed E-state index contributed by atoms with van der Waals surface area (Å²) in [6.07, 6.45) is 8.44. The maximum Gasteiger partial charge on any atom is 0.189 e. The number of guanidine groups is 1. The molecule has 142 valence electrons. The zero-order valence-corrected chi connectivity index (χ0v) is 17.3. The maximum absolute atomic E-state index is 5.94. The van der Waals surface area contributed by atoms with Crippen LogP contribution >= 0.6 is 24.0 Å². The quantitative estimate of drug-likeness (QED) is 0.354. The van der Waals surface area contributed by atoms with Crippen LogP contribution in [0.1, 0.15) is 30.7 Å². The molecule has 1 unspecified atom stereocenters. The van der Waals surface area contributed by atoms with Crippen molar-refractivity contribution in [3.05, 3.63) is 54.1 Å². The normalized spacial score (nSPS) is 17.1. The van der Waals surface area contributed by atoms with Gasteiger partial charge in [0.15, 0.2) is 5.96 Å². The summed E-state index contributed by atoms with van der Waals surface area (Å²) < 4.78 is 7.72. The Kier molecular flexibility index (Phi) is 8.90. The minimum atomic E-state index is 0. The van der Waals surface area contributed by atoms with Crippen LogP contribution in [0, 0.1) is 0 Å². The molecule has 0 aliphatic carbocycles. The molecular weight excluding hydrogens is 441 g/mol. The largest absolute Gasteiger partial charge is 0.376 e. The summed E-state index contributed by atoms with van der Waals surface area (Å²) in [6, 6.07) is 10.5. The zero-order chi connectivity index (χ0) is 17.3. The van der Waals surface area contributed by atoms with Gasteiger partial charge in [-0.25, -0.2) is 9.98 Å².